The van der Waals surface area contributed by atoms with E-state index in [1.165, 1.54) is 12.8 Å². The van der Waals surface area contributed by atoms with E-state index in [4.69, 9.17) is 5.21 Å². The van der Waals surface area contributed by atoms with Gasteiger partial charge in [-0.05, 0) is 30.6 Å². The van der Waals surface area contributed by atoms with Crippen molar-refractivity contribution >= 4 is 28.3 Å². The summed E-state index contributed by atoms with van der Waals surface area (Å²) < 4.78 is 1.09. The highest BCUT2D eigenvalue weighted by atomic mass is 127. The zero-order chi connectivity index (χ0) is 9.69. The van der Waals surface area contributed by atoms with Crippen LogP contribution in [0.4, 0.5) is 0 Å². The molecule has 13 heavy (non-hydrogen) atoms. The number of alkyl halides is 1. The van der Waals surface area contributed by atoms with Crippen LogP contribution in [0.25, 0.3) is 0 Å². The van der Waals surface area contributed by atoms with E-state index in [1.54, 1.807) is 0 Å². The van der Waals surface area contributed by atoms with Gasteiger partial charge in [-0.1, -0.05) is 41.6 Å². The quantitative estimate of drug-likeness (QED) is 0.343. The lowest BCUT2D eigenvalue weighted by Crippen LogP contribution is -2.37. The maximum absolute atomic E-state index is 9.00. The molecule has 2 saturated carbocycles. The van der Waals surface area contributed by atoms with Gasteiger partial charge in [0.15, 0.2) is 0 Å². The van der Waals surface area contributed by atoms with E-state index in [0.717, 1.165) is 22.5 Å². The first-order chi connectivity index (χ1) is 6.08. The maximum Gasteiger partial charge on any atom is 0.0648 e. The fraction of sp³-hybridized carbons (Fsp3) is 0.900. The van der Waals surface area contributed by atoms with Gasteiger partial charge < -0.3 is 5.21 Å². The summed E-state index contributed by atoms with van der Waals surface area (Å²) in [6.07, 6.45) is 3.55. The summed E-state index contributed by atoms with van der Waals surface area (Å²) >= 11 is 2.44. The molecule has 0 aliphatic heterocycles. The minimum Gasteiger partial charge on any atom is -0.411 e. The number of fused-ring (bicyclic) bond motifs is 2. The Hall–Kier alpha value is 0.200. The monoisotopic (exact) mass is 293 g/mol. The molecule has 0 aromatic rings. The third kappa shape index (κ3) is 0.969. The molecule has 74 valence electrons. The van der Waals surface area contributed by atoms with E-state index in [0.29, 0.717) is 5.41 Å². The molecule has 2 atom stereocenters. The Labute approximate surface area is 92.9 Å². The van der Waals surface area contributed by atoms with Crippen LogP contribution in [0, 0.1) is 16.7 Å². The van der Waals surface area contributed by atoms with Crippen LogP contribution < -0.4 is 0 Å². The molecule has 2 unspecified atom stereocenters. The van der Waals surface area contributed by atoms with Crippen molar-refractivity contribution in [3.05, 3.63) is 0 Å². The van der Waals surface area contributed by atoms with Gasteiger partial charge in [0.1, 0.15) is 0 Å². The summed E-state index contributed by atoms with van der Waals surface area (Å²) in [4.78, 5) is 0. The van der Waals surface area contributed by atoms with Crippen LogP contribution in [-0.2, 0) is 0 Å². The number of hydrogen-bond donors (Lipinski definition) is 1. The van der Waals surface area contributed by atoms with Gasteiger partial charge in [-0.2, -0.15) is 0 Å². The summed E-state index contributed by atoms with van der Waals surface area (Å²) in [7, 11) is 0. The number of oxime groups is 1. The molecule has 0 heterocycles. The second-order valence-electron chi connectivity index (χ2n) is 4.92. The first-order valence-corrected chi connectivity index (χ1v) is 6.38. The third-order valence-corrected chi connectivity index (χ3v) is 5.82. The molecule has 0 spiro atoms. The predicted octanol–water partition coefficient (Wildman–Crippen LogP) is 3.08. The molecular formula is C10H16INO. The Morgan fingerprint density at radius 2 is 2.31 bits per heavy atom. The molecule has 2 rings (SSSR count). The molecule has 0 aromatic heterocycles. The largest absolute Gasteiger partial charge is 0.411 e. The zero-order valence-corrected chi connectivity index (χ0v) is 10.3. The van der Waals surface area contributed by atoms with Crippen molar-refractivity contribution in [1.82, 2.24) is 0 Å². The number of nitrogens with zero attached hydrogens (tertiary/aromatic N) is 1. The number of hydrogen-bond acceptors (Lipinski definition) is 2. The lowest BCUT2D eigenvalue weighted by molar-refractivity contribution is 0.197. The van der Waals surface area contributed by atoms with E-state index in [9.17, 15) is 0 Å². The first kappa shape index (κ1) is 9.74. The fourth-order valence-electron chi connectivity index (χ4n) is 3.25. The normalized spacial score (nSPS) is 44.5. The van der Waals surface area contributed by atoms with Crippen molar-refractivity contribution in [2.24, 2.45) is 21.9 Å². The number of rotatable bonds is 1. The molecular weight excluding hydrogens is 277 g/mol. The van der Waals surface area contributed by atoms with Crippen molar-refractivity contribution in [2.45, 2.75) is 33.1 Å². The van der Waals surface area contributed by atoms with E-state index >= 15 is 0 Å². The fourth-order valence-corrected chi connectivity index (χ4v) is 5.05. The molecule has 3 heteroatoms. The Balaban J connectivity index is 2.47. The van der Waals surface area contributed by atoms with Crippen LogP contribution in [0.5, 0.6) is 0 Å². The van der Waals surface area contributed by atoms with Gasteiger partial charge in [0.25, 0.3) is 0 Å². The van der Waals surface area contributed by atoms with Crippen LogP contribution in [0.1, 0.15) is 33.1 Å². The molecule has 2 nitrogen and oxygen atoms in total. The van der Waals surface area contributed by atoms with Gasteiger partial charge in [-0.25, -0.2) is 0 Å². The van der Waals surface area contributed by atoms with Crippen molar-refractivity contribution < 1.29 is 5.21 Å². The van der Waals surface area contributed by atoms with Gasteiger partial charge in [-0.15, -0.1) is 0 Å². The topological polar surface area (TPSA) is 32.6 Å². The van der Waals surface area contributed by atoms with Crippen molar-refractivity contribution in [3.63, 3.8) is 0 Å². The van der Waals surface area contributed by atoms with Gasteiger partial charge in [0, 0.05) is 9.84 Å². The highest BCUT2D eigenvalue weighted by molar-refractivity contribution is 14.1. The molecule has 2 aliphatic carbocycles. The van der Waals surface area contributed by atoms with Gasteiger partial charge in [0.2, 0.25) is 0 Å². The summed E-state index contributed by atoms with van der Waals surface area (Å²) in [5, 5.41) is 12.5. The molecule has 2 bridgehead atoms. The Morgan fingerprint density at radius 1 is 1.62 bits per heavy atom. The summed E-state index contributed by atoms with van der Waals surface area (Å²) in [6, 6.07) is 0. The molecule has 0 saturated heterocycles. The standard InChI is InChI=1S/C10H16INO/c1-9(2)7-3-4-10(9,6-11)8(5-7)12-13/h7,13H,3-6H2,1-2H3/b12-8+. The average Bonchev–Trinajstić information content (AvgIpc) is 2.50. The zero-order valence-electron chi connectivity index (χ0n) is 8.18. The highest BCUT2D eigenvalue weighted by Crippen LogP contribution is 2.64. The second-order valence-corrected chi connectivity index (χ2v) is 5.69. The second kappa shape index (κ2) is 2.84. The average molecular weight is 293 g/mol. The lowest BCUT2D eigenvalue weighted by Gasteiger charge is -2.36. The van der Waals surface area contributed by atoms with Gasteiger partial charge in [-0.3, -0.25) is 0 Å². The van der Waals surface area contributed by atoms with E-state index in [-0.39, 0.29) is 5.41 Å². The van der Waals surface area contributed by atoms with Crippen LogP contribution in [-0.4, -0.2) is 15.3 Å². The minimum atomic E-state index is 0.201. The van der Waals surface area contributed by atoms with Crippen LogP contribution in [0.3, 0.4) is 0 Å². The molecule has 0 aromatic carbocycles. The first-order valence-electron chi connectivity index (χ1n) is 4.86. The lowest BCUT2D eigenvalue weighted by atomic mass is 9.70. The third-order valence-electron chi connectivity index (χ3n) is 4.51. The van der Waals surface area contributed by atoms with Crippen molar-refractivity contribution in [1.29, 1.82) is 0 Å². The SMILES string of the molecule is CC1(C)C2CCC1(CI)/C(=N/O)C2. The molecule has 2 aliphatic rings. The van der Waals surface area contributed by atoms with E-state index < -0.39 is 0 Å². The number of halogens is 1. The minimum absolute atomic E-state index is 0.201. The molecule has 2 fully saturated rings. The van der Waals surface area contributed by atoms with Gasteiger partial charge >= 0.3 is 0 Å². The summed E-state index contributed by atoms with van der Waals surface area (Å²) in [5.41, 5.74) is 1.60. The smallest absolute Gasteiger partial charge is 0.0648 e. The predicted molar refractivity (Wildman–Crippen MR) is 61.7 cm³/mol. The van der Waals surface area contributed by atoms with E-state index in [2.05, 4.69) is 41.6 Å². The summed E-state index contributed by atoms with van der Waals surface area (Å²) in [6.45, 7) is 4.67. The molecule has 0 radical (unpaired) electrons. The summed E-state index contributed by atoms with van der Waals surface area (Å²) in [5.74, 6) is 0.744. The molecule has 1 N–H and O–H groups in total. The highest BCUT2D eigenvalue weighted by Gasteiger charge is 2.62. The maximum atomic E-state index is 9.00. The van der Waals surface area contributed by atoms with Crippen LogP contribution >= 0.6 is 22.6 Å². The van der Waals surface area contributed by atoms with Crippen LogP contribution in [0.2, 0.25) is 0 Å². The van der Waals surface area contributed by atoms with Crippen molar-refractivity contribution in [2.75, 3.05) is 4.43 Å². The Kier molecular flexibility index (Phi) is 2.13. The van der Waals surface area contributed by atoms with Crippen LogP contribution in [0.15, 0.2) is 5.16 Å². The van der Waals surface area contributed by atoms with Gasteiger partial charge in [0.05, 0.1) is 5.71 Å². The Bertz CT molecular complexity index is 262. The van der Waals surface area contributed by atoms with Crippen molar-refractivity contribution in [3.8, 4) is 0 Å². The Morgan fingerprint density at radius 3 is 2.69 bits per heavy atom. The van der Waals surface area contributed by atoms with E-state index in [1.807, 2.05) is 0 Å². The molecule has 0 amide bonds.